The first-order valence-corrected chi connectivity index (χ1v) is 8.90. The van der Waals surface area contributed by atoms with Gasteiger partial charge in [-0.15, -0.1) is 0 Å². The normalized spacial score (nSPS) is 11.5. The summed E-state index contributed by atoms with van der Waals surface area (Å²) in [5.41, 5.74) is 2.67. The fourth-order valence-electron chi connectivity index (χ4n) is 2.79. The molecule has 144 valence electrons. The first-order chi connectivity index (χ1) is 13.5. The standard InChI is InChI=1S/C21H22N4O3/c1-13-16(19(26)22-3)10-7-11-17(13)25-21(27)24-14(2)20-23-12-18(28-20)15-8-5-4-6-9-15/h4-12,14H,1-3H3,(H,22,26)(H2,24,25,27)/t14-/m0/s1. The van der Waals surface area contributed by atoms with E-state index in [1.54, 1.807) is 45.3 Å². The number of hydrogen-bond donors (Lipinski definition) is 3. The molecule has 7 heteroatoms. The van der Waals surface area contributed by atoms with Crippen molar-refractivity contribution in [3.05, 3.63) is 71.7 Å². The van der Waals surface area contributed by atoms with Crippen LogP contribution < -0.4 is 16.0 Å². The van der Waals surface area contributed by atoms with Gasteiger partial charge in [0, 0.05) is 23.9 Å². The van der Waals surface area contributed by atoms with Crippen LogP contribution in [0.1, 0.15) is 34.8 Å². The van der Waals surface area contributed by atoms with Gasteiger partial charge in [0.1, 0.15) is 6.04 Å². The molecule has 3 amide bonds. The van der Waals surface area contributed by atoms with Crippen molar-refractivity contribution in [1.29, 1.82) is 0 Å². The van der Waals surface area contributed by atoms with Crippen molar-refractivity contribution in [2.24, 2.45) is 0 Å². The van der Waals surface area contributed by atoms with Crippen LogP contribution in [0.4, 0.5) is 10.5 Å². The molecule has 0 spiro atoms. The summed E-state index contributed by atoms with van der Waals surface area (Å²) in [6.07, 6.45) is 1.64. The van der Waals surface area contributed by atoms with Gasteiger partial charge in [-0.05, 0) is 31.5 Å². The van der Waals surface area contributed by atoms with Crippen molar-refractivity contribution in [2.75, 3.05) is 12.4 Å². The molecular formula is C21H22N4O3. The first-order valence-electron chi connectivity index (χ1n) is 8.90. The average Bonchev–Trinajstić information content (AvgIpc) is 3.20. The monoisotopic (exact) mass is 378 g/mol. The van der Waals surface area contributed by atoms with Gasteiger partial charge in [-0.25, -0.2) is 9.78 Å². The summed E-state index contributed by atoms with van der Waals surface area (Å²) in [7, 11) is 1.57. The lowest BCUT2D eigenvalue weighted by atomic mass is 10.1. The Labute approximate surface area is 163 Å². The van der Waals surface area contributed by atoms with Crippen LogP contribution in [0, 0.1) is 6.92 Å². The quantitative estimate of drug-likeness (QED) is 0.627. The number of carbonyl (C=O) groups is 2. The summed E-state index contributed by atoms with van der Waals surface area (Å²) in [5.74, 6) is 0.840. The minimum atomic E-state index is -0.431. The summed E-state index contributed by atoms with van der Waals surface area (Å²) >= 11 is 0. The highest BCUT2D eigenvalue weighted by Crippen LogP contribution is 2.23. The van der Waals surface area contributed by atoms with E-state index in [9.17, 15) is 9.59 Å². The van der Waals surface area contributed by atoms with E-state index in [1.165, 1.54) is 0 Å². The molecule has 1 heterocycles. The Balaban J connectivity index is 1.67. The zero-order chi connectivity index (χ0) is 20.1. The Hall–Kier alpha value is -3.61. The predicted octanol–water partition coefficient (Wildman–Crippen LogP) is 3.89. The molecule has 0 aliphatic rings. The molecule has 28 heavy (non-hydrogen) atoms. The number of oxazole rings is 1. The van der Waals surface area contributed by atoms with E-state index in [-0.39, 0.29) is 5.91 Å². The van der Waals surface area contributed by atoms with Gasteiger partial charge < -0.3 is 20.4 Å². The molecule has 1 aromatic heterocycles. The number of aromatic nitrogens is 1. The summed E-state index contributed by atoms with van der Waals surface area (Å²) in [6, 6.07) is 13.9. The summed E-state index contributed by atoms with van der Waals surface area (Å²) in [5, 5.41) is 8.15. The predicted molar refractivity (Wildman–Crippen MR) is 107 cm³/mol. The third kappa shape index (κ3) is 4.20. The Morgan fingerprint density at radius 3 is 2.54 bits per heavy atom. The first kappa shape index (κ1) is 19.2. The van der Waals surface area contributed by atoms with Crippen molar-refractivity contribution in [2.45, 2.75) is 19.9 Å². The molecule has 0 unspecified atom stereocenters. The molecule has 0 aliphatic carbocycles. The van der Waals surface area contributed by atoms with Gasteiger partial charge in [0.15, 0.2) is 5.76 Å². The van der Waals surface area contributed by atoms with Gasteiger partial charge in [0.25, 0.3) is 5.91 Å². The number of amides is 3. The molecule has 0 radical (unpaired) electrons. The van der Waals surface area contributed by atoms with Crippen LogP contribution in [-0.2, 0) is 0 Å². The van der Waals surface area contributed by atoms with Crippen molar-refractivity contribution >= 4 is 17.6 Å². The van der Waals surface area contributed by atoms with Crippen LogP contribution in [0.25, 0.3) is 11.3 Å². The molecule has 0 saturated carbocycles. The van der Waals surface area contributed by atoms with Crippen molar-refractivity contribution < 1.29 is 14.0 Å². The van der Waals surface area contributed by atoms with Crippen molar-refractivity contribution in [1.82, 2.24) is 15.6 Å². The summed E-state index contributed by atoms with van der Waals surface area (Å²) in [6.45, 7) is 3.57. The maximum Gasteiger partial charge on any atom is 0.319 e. The van der Waals surface area contributed by atoms with Gasteiger partial charge in [-0.1, -0.05) is 36.4 Å². The molecule has 0 bridgehead atoms. The highest BCUT2D eigenvalue weighted by atomic mass is 16.4. The van der Waals surface area contributed by atoms with E-state index in [0.29, 0.717) is 28.5 Å². The summed E-state index contributed by atoms with van der Waals surface area (Å²) < 4.78 is 5.76. The molecule has 2 aromatic carbocycles. The minimum absolute atomic E-state index is 0.205. The molecule has 0 fully saturated rings. The maximum absolute atomic E-state index is 12.4. The number of urea groups is 1. The van der Waals surface area contributed by atoms with Crippen LogP contribution in [0.5, 0.6) is 0 Å². The third-order valence-electron chi connectivity index (χ3n) is 4.35. The second-order valence-corrected chi connectivity index (χ2v) is 6.31. The number of nitrogens with zero attached hydrogens (tertiary/aromatic N) is 1. The maximum atomic E-state index is 12.4. The van der Waals surface area contributed by atoms with E-state index in [4.69, 9.17) is 4.42 Å². The fourth-order valence-corrected chi connectivity index (χ4v) is 2.79. The molecule has 0 saturated heterocycles. The van der Waals surface area contributed by atoms with E-state index in [2.05, 4.69) is 20.9 Å². The van der Waals surface area contributed by atoms with Crippen LogP contribution >= 0.6 is 0 Å². The highest BCUT2D eigenvalue weighted by molar-refractivity contribution is 5.98. The van der Waals surface area contributed by atoms with Gasteiger partial charge in [-0.2, -0.15) is 0 Å². The molecule has 7 nitrogen and oxygen atoms in total. The Morgan fingerprint density at radius 2 is 1.82 bits per heavy atom. The van der Waals surface area contributed by atoms with Gasteiger partial charge in [0.2, 0.25) is 5.89 Å². The third-order valence-corrected chi connectivity index (χ3v) is 4.35. The molecule has 3 rings (SSSR count). The van der Waals surface area contributed by atoms with Crippen LogP contribution in [0.2, 0.25) is 0 Å². The Morgan fingerprint density at radius 1 is 1.07 bits per heavy atom. The lowest BCUT2D eigenvalue weighted by molar-refractivity contribution is 0.0962. The largest absolute Gasteiger partial charge is 0.438 e. The number of benzene rings is 2. The second kappa shape index (κ2) is 8.39. The lowest BCUT2D eigenvalue weighted by Crippen LogP contribution is -2.31. The van der Waals surface area contributed by atoms with Gasteiger partial charge in [0.05, 0.1) is 6.20 Å². The number of carbonyl (C=O) groups excluding carboxylic acids is 2. The zero-order valence-corrected chi connectivity index (χ0v) is 15.9. The van der Waals surface area contributed by atoms with E-state index < -0.39 is 12.1 Å². The van der Waals surface area contributed by atoms with Crippen LogP contribution in [-0.4, -0.2) is 24.0 Å². The molecule has 3 aromatic rings. The molecule has 0 aliphatic heterocycles. The fraction of sp³-hybridized carbons (Fsp3) is 0.190. The minimum Gasteiger partial charge on any atom is -0.438 e. The van der Waals surface area contributed by atoms with E-state index >= 15 is 0 Å². The van der Waals surface area contributed by atoms with Crippen LogP contribution in [0.3, 0.4) is 0 Å². The number of nitrogens with one attached hydrogen (secondary N) is 3. The second-order valence-electron chi connectivity index (χ2n) is 6.31. The molecular weight excluding hydrogens is 356 g/mol. The van der Waals surface area contributed by atoms with Crippen molar-refractivity contribution in [3.63, 3.8) is 0 Å². The number of rotatable bonds is 5. The SMILES string of the molecule is CNC(=O)c1cccc(NC(=O)N[C@@H](C)c2ncc(-c3ccccc3)o2)c1C. The Bertz CT molecular complexity index is 982. The van der Waals surface area contributed by atoms with E-state index in [1.807, 2.05) is 30.3 Å². The van der Waals surface area contributed by atoms with E-state index in [0.717, 1.165) is 5.56 Å². The lowest BCUT2D eigenvalue weighted by Gasteiger charge is -2.14. The Kier molecular flexibility index (Phi) is 5.74. The average molecular weight is 378 g/mol. The summed E-state index contributed by atoms with van der Waals surface area (Å²) in [4.78, 5) is 28.5. The molecule has 1 atom stereocenters. The van der Waals surface area contributed by atoms with Gasteiger partial charge >= 0.3 is 6.03 Å². The van der Waals surface area contributed by atoms with Crippen molar-refractivity contribution in [3.8, 4) is 11.3 Å². The topological polar surface area (TPSA) is 96.3 Å². The number of hydrogen-bond acceptors (Lipinski definition) is 4. The van der Waals surface area contributed by atoms with Crippen LogP contribution in [0.15, 0.2) is 59.1 Å². The highest BCUT2D eigenvalue weighted by Gasteiger charge is 2.17. The smallest absolute Gasteiger partial charge is 0.319 e. The zero-order valence-electron chi connectivity index (χ0n) is 15.9. The molecule has 3 N–H and O–H groups in total. The number of anilines is 1. The van der Waals surface area contributed by atoms with Gasteiger partial charge in [-0.3, -0.25) is 4.79 Å².